The van der Waals surface area contributed by atoms with E-state index in [0.717, 1.165) is 39.6 Å². The number of ether oxygens (including phenoxy) is 4. The van der Waals surface area contributed by atoms with Gasteiger partial charge in [-0.1, -0.05) is 6.07 Å². The number of aryl methyl sites for hydroxylation is 2. The third-order valence-electron chi connectivity index (χ3n) is 4.15. The second-order valence-corrected chi connectivity index (χ2v) is 7.97. The Morgan fingerprint density at radius 1 is 1.03 bits per heavy atom. The van der Waals surface area contributed by atoms with Gasteiger partial charge in [-0.25, -0.2) is 10.8 Å². The number of hydrazine groups is 1. The van der Waals surface area contributed by atoms with Gasteiger partial charge in [0.25, 0.3) is 0 Å². The Hall–Kier alpha value is -3.16. The lowest BCUT2D eigenvalue weighted by molar-refractivity contribution is -0.109. The predicted octanol–water partition coefficient (Wildman–Crippen LogP) is 2.67. The molecule has 0 aliphatic rings. The van der Waals surface area contributed by atoms with Crippen LogP contribution in [-0.2, 0) is 14.3 Å². The number of thioether (sulfide) groups is 1. The molecule has 35 heavy (non-hydrogen) atoms. The van der Waals surface area contributed by atoms with E-state index in [1.165, 1.54) is 6.33 Å². The van der Waals surface area contributed by atoms with Crippen molar-refractivity contribution in [2.45, 2.75) is 19.2 Å². The zero-order valence-electron chi connectivity index (χ0n) is 20.6. The molecule has 0 bridgehead atoms. The Balaban J connectivity index is 0.000000305. The van der Waals surface area contributed by atoms with Gasteiger partial charge >= 0.3 is 0 Å². The standard InChI is InChI=1S/C11H13N3O2.C11H17NO2S.CH4N2O/c1-8-3-9(11-12-6-13-14-11)5-10(4-8)16-7-15-2;1-8-4-9(11(12)15-3)6-10(5-8)14-7-13-2;2-3-1-4/h3-6H,7H2,1-2H3,(H,12,13,14);4-6,11H,7,12H2,1-3H3;1H,2H2,(H,3,4). The molecular formula is C23H34N6O5S. The summed E-state index contributed by atoms with van der Waals surface area (Å²) in [7, 11) is 3.19. The van der Waals surface area contributed by atoms with E-state index in [4.69, 9.17) is 29.5 Å². The molecule has 12 heteroatoms. The molecule has 11 nitrogen and oxygen atoms in total. The molecule has 3 rings (SSSR count). The molecule has 192 valence electrons. The Labute approximate surface area is 209 Å². The molecule has 0 radical (unpaired) electrons. The molecule has 1 atom stereocenters. The normalized spacial score (nSPS) is 10.7. The number of carbonyl (C=O) groups is 1. The van der Waals surface area contributed by atoms with Crippen LogP contribution in [0.25, 0.3) is 11.4 Å². The van der Waals surface area contributed by atoms with Gasteiger partial charge in [-0.15, -0.1) is 11.8 Å². The molecule has 1 heterocycles. The molecule has 1 unspecified atom stereocenters. The van der Waals surface area contributed by atoms with Gasteiger partial charge in [-0.2, -0.15) is 5.10 Å². The fourth-order valence-corrected chi connectivity index (χ4v) is 3.13. The number of H-pyrrole nitrogens is 1. The number of carbonyl (C=O) groups excluding carboxylic acids is 1. The van der Waals surface area contributed by atoms with Gasteiger partial charge in [0.05, 0.1) is 5.37 Å². The van der Waals surface area contributed by atoms with E-state index in [1.54, 1.807) is 31.4 Å². The minimum atomic E-state index is -0.00482. The van der Waals surface area contributed by atoms with Gasteiger partial charge in [-0.3, -0.25) is 15.3 Å². The van der Waals surface area contributed by atoms with Crippen LogP contribution in [0.4, 0.5) is 0 Å². The fourth-order valence-electron chi connectivity index (χ4n) is 2.73. The van der Waals surface area contributed by atoms with Crippen LogP contribution in [-0.4, -0.2) is 55.7 Å². The fraction of sp³-hybridized carbons (Fsp3) is 0.348. The average Bonchev–Trinajstić information content (AvgIpc) is 3.41. The summed E-state index contributed by atoms with van der Waals surface area (Å²) < 4.78 is 20.5. The van der Waals surface area contributed by atoms with E-state index in [1.807, 2.05) is 50.4 Å². The number of amides is 1. The van der Waals surface area contributed by atoms with E-state index in [-0.39, 0.29) is 19.0 Å². The number of benzene rings is 2. The summed E-state index contributed by atoms with van der Waals surface area (Å²) in [5.41, 5.74) is 12.0. The van der Waals surface area contributed by atoms with E-state index < -0.39 is 0 Å². The molecule has 0 saturated heterocycles. The van der Waals surface area contributed by atoms with Gasteiger partial charge in [-0.05, 0) is 67.1 Å². The van der Waals surface area contributed by atoms with Gasteiger partial charge in [0, 0.05) is 19.8 Å². The number of nitrogens with two attached hydrogens (primary N) is 2. The number of hydrogen-bond donors (Lipinski definition) is 4. The first-order valence-electron chi connectivity index (χ1n) is 10.4. The molecule has 6 N–H and O–H groups in total. The lowest BCUT2D eigenvalue weighted by Crippen LogP contribution is -2.18. The monoisotopic (exact) mass is 506 g/mol. The smallest absolute Gasteiger partial charge is 0.221 e. The van der Waals surface area contributed by atoms with E-state index in [9.17, 15) is 0 Å². The van der Waals surface area contributed by atoms with Crippen molar-refractivity contribution in [2.75, 3.05) is 34.1 Å². The molecule has 2 aromatic carbocycles. The number of nitrogens with zero attached hydrogens (tertiary/aromatic N) is 2. The topological polar surface area (TPSA) is 160 Å². The lowest BCUT2D eigenvalue weighted by atomic mass is 10.1. The van der Waals surface area contributed by atoms with Crippen LogP contribution < -0.4 is 26.5 Å². The maximum absolute atomic E-state index is 8.94. The Morgan fingerprint density at radius 2 is 1.60 bits per heavy atom. The van der Waals surface area contributed by atoms with Crippen LogP contribution in [0.1, 0.15) is 22.1 Å². The SMILES string of the molecule is COCOc1cc(C)cc(-c2ncn[nH]2)c1.COCOc1cc(C)cc(C(N)SC)c1.NNC=O. The Morgan fingerprint density at radius 3 is 2.09 bits per heavy atom. The number of nitrogens with one attached hydrogen (secondary N) is 2. The second kappa shape index (κ2) is 17.3. The highest BCUT2D eigenvalue weighted by Crippen LogP contribution is 2.26. The molecule has 0 spiro atoms. The van der Waals surface area contributed by atoms with Crippen LogP contribution in [0.15, 0.2) is 42.7 Å². The zero-order chi connectivity index (χ0) is 26.1. The van der Waals surface area contributed by atoms with E-state index >= 15 is 0 Å². The summed E-state index contributed by atoms with van der Waals surface area (Å²) in [6.45, 7) is 4.52. The number of methoxy groups -OCH3 is 2. The van der Waals surface area contributed by atoms with Crippen molar-refractivity contribution in [2.24, 2.45) is 11.6 Å². The van der Waals surface area contributed by atoms with Gasteiger partial charge < -0.3 is 24.7 Å². The summed E-state index contributed by atoms with van der Waals surface area (Å²) in [5, 5.41) is 6.63. The first-order chi connectivity index (χ1) is 16.9. The predicted molar refractivity (Wildman–Crippen MR) is 137 cm³/mol. The Kier molecular flexibility index (Phi) is 14.8. The number of hydrogen-bond acceptors (Lipinski definition) is 10. The quantitative estimate of drug-likeness (QED) is 0.106. The van der Waals surface area contributed by atoms with Crippen molar-refractivity contribution in [3.8, 4) is 22.9 Å². The number of rotatable bonds is 10. The van der Waals surface area contributed by atoms with Gasteiger partial charge in [0.15, 0.2) is 19.4 Å². The van der Waals surface area contributed by atoms with Crippen LogP contribution >= 0.6 is 11.8 Å². The number of aromatic nitrogens is 3. The van der Waals surface area contributed by atoms with E-state index in [0.29, 0.717) is 6.41 Å². The van der Waals surface area contributed by atoms with Crippen molar-refractivity contribution >= 4 is 18.2 Å². The Bertz CT molecular complexity index is 991. The summed E-state index contributed by atoms with van der Waals surface area (Å²) in [6.07, 6.45) is 3.87. The van der Waals surface area contributed by atoms with Crippen molar-refractivity contribution in [3.63, 3.8) is 0 Å². The highest BCUT2D eigenvalue weighted by Gasteiger charge is 2.07. The van der Waals surface area contributed by atoms with Crippen molar-refractivity contribution in [1.29, 1.82) is 0 Å². The summed E-state index contributed by atoms with van der Waals surface area (Å²) in [5.74, 6) is 6.70. The summed E-state index contributed by atoms with van der Waals surface area (Å²) >= 11 is 1.61. The molecule has 0 aliphatic heterocycles. The van der Waals surface area contributed by atoms with Crippen LogP contribution in [0.5, 0.6) is 11.5 Å². The lowest BCUT2D eigenvalue weighted by Gasteiger charge is -2.12. The summed E-state index contributed by atoms with van der Waals surface area (Å²) in [6, 6.07) is 11.8. The van der Waals surface area contributed by atoms with Crippen molar-refractivity contribution in [3.05, 3.63) is 59.4 Å². The van der Waals surface area contributed by atoms with Crippen molar-refractivity contribution < 1.29 is 23.7 Å². The molecule has 0 saturated carbocycles. The largest absolute Gasteiger partial charge is 0.468 e. The van der Waals surface area contributed by atoms with Crippen LogP contribution in [0.3, 0.4) is 0 Å². The first kappa shape index (κ1) is 29.9. The average molecular weight is 507 g/mol. The molecule has 3 aromatic rings. The third-order valence-corrected chi connectivity index (χ3v) is 4.93. The minimum absolute atomic E-state index is 0.00482. The highest BCUT2D eigenvalue weighted by molar-refractivity contribution is 7.98. The molecule has 0 aliphatic carbocycles. The number of aromatic amines is 1. The molecular weight excluding hydrogens is 472 g/mol. The second-order valence-electron chi connectivity index (χ2n) is 6.99. The van der Waals surface area contributed by atoms with E-state index in [2.05, 4.69) is 27.1 Å². The maximum atomic E-state index is 8.94. The molecule has 1 aromatic heterocycles. The molecule has 0 fully saturated rings. The summed E-state index contributed by atoms with van der Waals surface area (Å²) in [4.78, 5) is 13.0. The molecule has 1 amide bonds. The first-order valence-corrected chi connectivity index (χ1v) is 11.7. The van der Waals surface area contributed by atoms with Gasteiger partial charge in [0.1, 0.15) is 17.8 Å². The van der Waals surface area contributed by atoms with Crippen molar-refractivity contribution in [1.82, 2.24) is 20.6 Å². The third kappa shape index (κ3) is 11.7. The van der Waals surface area contributed by atoms with Crippen LogP contribution in [0.2, 0.25) is 0 Å². The maximum Gasteiger partial charge on any atom is 0.221 e. The van der Waals surface area contributed by atoms with Crippen LogP contribution in [0, 0.1) is 13.8 Å². The minimum Gasteiger partial charge on any atom is -0.468 e. The highest BCUT2D eigenvalue weighted by atomic mass is 32.2. The van der Waals surface area contributed by atoms with Gasteiger partial charge in [0.2, 0.25) is 6.41 Å². The zero-order valence-corrected chi connectivity index (χ0v) is 21.4.